The number of hydrogen-bond acceptors (Lipinski definition) is 5. The van der Waals surface area contributed by atoms with Crippen molar-refractivity contribution in [3.8, 4) is 0 Å². The van der Waals surface area contributed by atoms with Crippen LogP contribution >= 0.6 is 0 Å². The molecule has 1 unspecified atom stereocenters. The predicted octanol–water partition coefficient (Wildman–Crippen LogP) is 0.113. The summed E-state index contributed by atoms with van der Waals surface area (Å²) >= 11 is 0. The van der Waals surface area contributed by atoms with Gasteiger partial charge in [0.2, 0.25) is 0 Å². The molecule has 0 aromatic heterocycles. The molecule has 6 nitrogen and oxygen atoms in total. The highest BCUT2D eigenvalue weighted by atomic mass is 16.7. The Hall–Kier alpha value is -0.690. The van der Waals surface area contributed by atoms with Crippen LogP contribution in [0.25, 0.3) is 0 Å². The van der Waals surface area contributed by atoms with Gasteiger partial charge >= 0.3 is 5.97 Å². The van der Waals surface area contributed by atoms with Crippen LogP contribution in [-0.4, -0.2) is 52.0 Å². The molecule has 1 aliphatic rings. The van der Waals surface area contributed by atoms with E-state index in [9.17, 15) is 15.0 Å². The number of aliphatic carboxylic acids is 1. The normalized spacial score (nSPS) is 35.5. The maximum atomic E-state index is 10.4. The Bertz CT molecular complexity index is 256. The van der Waals surface area contributed by atoms with Crippen molar-refractivity contribution in [1.82, 2.24) is 0 Å². The molecular formula is C11H20O6. The van der Waals surface area contributed by atoms with Gasteiger partial charge in [-0.2, -0.15) is 0 Å². The zero-order valence-electron chi connectivity index (χ0n) is 10.1. The van der Waals surface area contributed by atoms with Crippen LogP contribution in [0.4, 0.5) is 0 Å². The van der Waals surface area contributed by atoms with E-state index in [4.69, 9.17) is 14.6 Å². The molecule has 0 radical (unpaired) electrons. The lowest BCUT2D eigenvalue weighted by Crippen LogP contribution is -2.48. The van der Waals surface area contributed by atoms with Gasteiger partial charge < -0.3 is 24.8 Å². The van der Waals surface area contributed by atoms with Crippen LogP contribution in [0.3, 0.4) is 0 Å². The molecule has 1 fully saturated rings. The molecular weight excluding hydrogens is 228 g/mol. The van der Waals surface area contributed by atoms with Crippen LogP contribution < -0.4 is 0 Å². The monoisotopic (exact) mass is 248 g/mol. The van der Waals surface area contributed by atoms with Gasteiger partial charge in [-0.15, -0.1) is 0 Å². The van der Waals surface area contributed by atoms with Crippen molar-refractivity contribution in [3.63, 3.8) is 0 Å². The summed E-state index contributed by atoms with van der Waals surface area (Å²) in [5.74, 6) is -0.880. The van der Waals surface area contributed by atoms with E-state index in [1.807, 2.05) is 0 Å². The zero-order chi connectivity index (χ0) is 13.0. The second-order valence-electron chi connectivity index (χ2n) is 4.46. The van der Waals surface area contributed by atoms with Gasteiger partial charge in [0, 0.05) is 12.8 Å². The highest BCUT2D eigenvalue weighted by molar-refractivity contribution is 5.66. The van der Waals surface area contributed by atoms with Crippen molar-refractivity contribution in [1.29, 1.82) is 0 Å². The average molecular weight is 248 g/mol. The molecule has 0 spiro atoms. The topological polar surface area (TPSA) is 96.2 Å². The van der Waals surface area contributed by atoms with Crippen LogP contribution in [0.1, 0.15) is 33.1 Å². The maximum absolute atomic E-state index is 10.4. The third-order valence-electron chi connectivity index (χ3n) is 2.82. The van der Waals surface area contributed by atoms with Gasteiger partial charge in [0.1, 0.15) is 6.10 Å². The van der Waals surface area contributed by atoms with Crippen molar-refractivity contribution in [2.24, 2.45) is 0 Å². The van der Waals surface area contributed by atoms with Crippen molar-refractivity contribution >= 4 is 5.97 Å². The number of carbonyl (C=O) groups is 1. The summed E-state index contributed by atoms with van der Waals surface area (Å²) in [6.45, 7) is 3.43. The third kappa shape index (κ3) is 4.59. The molecule has 0 bridgehead atoms. The van der Waals surface area contributed by atoms with Gasteiger partial charge in [-0.05, 0) is 20.3 Å². The molecule has 1 saturated heterocycles. The van der Waals surface area contributed by atoms with E-state index in [0.29, 0.717) is 6.42 Å². The Morgan fingerprint density at radius 3 is 2.71 bits per heavy atom. The van der Waals surface area contributed by atoms with Gasteiger partial charge in [-0.25, -0.2) is 0 Å². The maximum Gasteiger partial charge on any atom is 0.303 e. The Morgan fingerprint density at radius 1 is 1.47 bits per heavy atom. The van der Waals surface area contributed by atoms with Crippen LogP contribution in [0, 0.1) is 0 Å². The smallest absolute Gasteiger partial charge is 0.303 e. The van der Waals surface area contributed by atoms with E-state index in [-0.39, 0.29) is 18.9 Å². The molecule has 5 atom stereocenters. The quantitative estimate of drug-likeness (QED) is 0.639. The van der Waals surface area contributed by atoms with Gasteiger partial charge in [-0.1, -0.05) is 0 Å². The fourth-order valence-electron chi connectivity index (χ4n) is 1.69. The van der Waals surface area contributed by atoms with Crippen molar-refractivity contribution in [3.05, 3.63) is 0 Å². The number of rotatable bonds is 5. The molecule has 3 N–H and O–H groups in total. The Labute approximate surface area is 100 Å². The van der Waals surface area contributed by atoms with E-state index in [1.54, 1.807) is 13.8 Å². The summed E-state index contributed by atoms with van der Waals surface area (Å²) in [6, 6.07) is 0. The van der Waals surface area contributed by atoms with Crippen LogP contribution in [-0.2, 0) is 14.3 Å². The lowest BCUT2D eigenvalue weighted by molar-refractivity contribution is -0.273. The first-order valence-electron chi connectivity index (χ1n) is 5.79. The number of carboxylic acids is 1. The number of hydrogen-bond donors (Lipinski definition) is 3. The Morgan fingerprint density at radius 2 is 2.12 bits per heavy atom. The summed E-state index contributed by atoms with van der Waals surface area (Å²) < 4.78 is 10.7. The zero-order valence-corrected chi connectivity index (χ0v) is 10.1. The van der Waals surface area contributed by atoms with Crippen molar-refractivity contribution in [2.45, 2.75) is 63.8 Å². The number of aliphatic hydroxyl groups excluding tert-OH is 2. The summed E-state index contributed by atoms with van der Waals surface area (Å²) in [7, 11) is 0. The molecule has 6 heteroatoms. The predicted molar refractivity (Wildman–Crippen MR) is 58.4 cm³/mol. The van der Waals surface area contributed by atoms with Crippen molar-refractivity contribution < 1.29 is 29.6 Å². The first kappa shape index (κ1) is 14.4. The van der Waals surface area contributed by atoms with Gasteiger partial charge in [-0.3, -0.25) is 4.79 Å². The van der Waals surface area contributed by atoms with Gasteiger partial charge in [0.25, 0.3) is 0 Å². The largest absolute Gasteiger partial charge is 0.481 e. The molecule has 0 amide bonds. The molecule has 1 aliphatic heterocycles. The SMILES string of the molecule is CC1O[C@@H](O[C@H](C)CCC(=O)O)[C@H](O)C[C@H]1O. The molecule has 0 aromatic carbocycles. The fourth-order valence-corrected chi connectivity index (χ4v) is 1.69. The first-order chi connectivity index (χ1) is 7.90. The Kier molecular flexibility index (Phi) is 5.32. The fraction of sp³-hybridized carbons (Fsp3) is 0.909. The summed E-state index contributed by atoms with van der Waals surface area (Å²) in [4.78, 5) is 10.4. The van der Waals surface area contributed by atoms with E-state index >= 15 is 0 Å². The minimum absolute atomic E-state index is 0.0160. The van der Waals surface area contributed by atoms with E-state index in [0.717, 1.165) is 0 Å². The minimum atomic E-state index is -0.881. The summed E-state index contributed by atoms with van der Waals surface area (Å²) in [6.07, 6.45) is -2.49. The molecule has 100 valence electrons. The Balaban J connectivity index is 2.37. The average Bonchev–Trinajstić information content (AvgIpc) is 2.23. The highest BCUT2D eigenvalue weighted by Gasteiger charge is 2.35. The second kappa shape index (κ2) is 6.30. The van der Waals surface area contributed by atoms with Gasteiger partial charge in [0.05, 0.1) is 18.3 Å². The lowest BCUT2D eigenvalue weighted by Gasteiger charge is -2.36. The van der Waals surface area contributed by atoms with Gasteiger partial charge in [0.15, 0.2) is 6.29 Å². The third-order valence-corrected chi connectivity index (χ3v) is 2.82. The van der Waals surface area contributed by atoms with Crippen molar-refractivity contribution in [2.75, 3.05) is 0 Å². The summed E-state index contributed by atoms with van der Waals surface area (Å²) in [5, 5.41) is 27.6. The van der Waals surface area contributed by atoms with E-state index in [1.165, 1.54) is 0 Å². The molecule has 1 heterocycles. The molecule has 0 aromatic rings. The molecule has 17 heavy (non-hydrogen) atoms. The molecule has 0 aliphatic carbocycles. The minimum Gasteiger partial charge on any atom is -0.481 e. The molecule has 0 saturated carbocycles. The van der Waals surface area contributed by atoms with Crippen LogP contribution in [0.2, 0.25) is 0 Å². The van der Waals surface area contributed by atoms with Crippen LogP contribution in [0.5, 0.6) is 0 Å². The first-order valence-corrected chi connectivity index (χ1v) is 5.79. The van der Waals surface area contributed by atoms with Crippen LogP contribution in [0.15, 0.2) is 0 Å². The summed E-state index contributed by atoms with van der Waals surface area (Å²) in [5.41, 5.74) is 0. The second-order valence-corrected chi connectivity index (χ2v) is 4.46. The molecule has 1 rings (SSSR count). The standard InChI is InChI=1S/C11H20O6/c1-6(3-4-10(14)15)16-11-9(13)5-8(12)7(2)17-11/h6-9,11-13H,3-5H2,1-2H3,(H,14,15)/t6-,7?,8-,9-,11-/m1/s1. The number of aliphatic hydroxyl groups is 2. The van der Waals surface area contributed by atoms with E-state index in [2.05, 4.69) is 0 Å². The highest BCUT2D eigenvalue weighted by Crippen LogP contribution is 2.22. The van der Waals surface area contributed by atoms with E-state index < -0.39 is 30.6 Å². The number of carboxylic acid groups (broad SMARTS) is 1. The lowest BCUT2D eigenvalue weighted by atomic mass is 10.0. The number of ether oxygens (including phenoxy) is 2.